The molecule has 0 spiro atoms. The lowest BCUT2D eigenvalue weighted by Gasteiger charge is -2.17. The van der Waals surface area contributed by atoms with Crippen LogP contribution in [-0.4, -0.2) is 11.2 Å². The molecule has 1 rings (SSSR count). The first-order valence-corrected chi connectivity index (χ1v) is 3.90. The van der Waals surface area contributed by atoms with E-state index in [2.05, 4.69) is 13.8 Å². The monoisotopic (exact) mass is 128 g/mol. The van der Waals surface area contributed by atoms with E-state index in [0.29, 0.717) is 11.8 Å². The summed E-state index contributed by atoms with van der Waals surface area (Å²) >= 11 is 0. The van der Waals surface area contributed by atoms with Gasteiger partial charge in [-0.1, -0.05) is 20.3 Å². The number of aliphatic hydroxyl groups excluding tert-OH is 1. The van der Waals surface area contributed by atoms with Gasteiger partial charge in [0.25, 0.3) is 0 Å². The van der Waals surface area contributed by atoms with E-state index in [1.807, 2.05) is 0 Å². The predicted octanol–water partition coefficient (Wildman–Crippen LogP) is 1.80. The molecular formula is C8H16O. The topological polar surface area (TPSA) is 20.2 Å². The normalized spacial score (nSPS) is 36.0. The first kappa shape index (κ1) is 7.07. The van der Waals surface area contributed by atoms with Crippen LogP contribution in [0.25, 0.3) is 0 Å². The van der Waals surface area contributed by atoms with Gasteiger partial charge < -0.3 is 5.11 Å². The second-order valence-electron chi connectivity index (χ2n) is 3.41. The fourth-order valence-corrected chi connectivity index (χ4v) is 1.75. The first-order chi connectivity index (χ1) is 4.22. The quantitative estimate of drug-likeness (QED) is 0.571. The minimum Gasteiger partial charge on any atom is -0.393 e. The Balaban J connectivity index is 2.40. The zero-order chi connectivity index (χ0) is 6.85. The molecule has 0 aromatic rings. The second kappa shape index (κ2) is 2.70. The van der Waals surface area contributed by atoms with E-state index in [0.717, 1.165) is 6.42 Å². The highest BCUT2D eigenvalue weighted by molar-refractivity contribution is 4.78. The summed E-state index contributed by atoms with van der Waals surface area (Å²) in [6.07, 6.45) is 3.50. The van der Waals surface area contributed by atoms with Crippen LogP contribution in [0.3, 0.4) is 0 Å². The molecule has 0 amide bonds. The number of hydrogen-bond acceptors (Lipinski definition) is 1. The smallest absolute Gasteiger partial charge is 0.0570 e. The van der Waals surface area contributed by atoms with Gasteiger partial charge >= 0.3 is 0 Å². The van der Waals surface area contributed by atoms with Gasteiger partial charge in [-0.15, -0.1) is 0 Å². The van der Waals surface area contributed by atoms with E-state index in [1.165, 1.54) is 12.8 Å². The van der Waals surface area contributed by atoms with Crippen LogP contribution in [0.15, 0.2) is 0 Å². The molecule has 1 nitrogen and oxygen atoms in total. The summed E-state index contributed by atoms with van der Waals surface area (Å²) in [4.78, 5) is 0. The molecule has 0 aromatic heterocycles. The summed E-state index contributed by atoms with van der Waals surface area (Å²) in [7, 11) is 0. The van der Waals surface area contributed by atoms with Gasteiger partial charge in [-0.25, -0.2) is 0 Å². The molecule has 0 radical (unpaired) electrons. The molecule has 0 saturated heterocycles. The van der Waals surface area contributed by atoms with Crippen LogP contribution in [-0.2, 0) is 0 Å². The maximum Gasteiger partial charge on any atom is 0.0570 e. The Kier molecular flexibility index (Phi) is 2.12. The van der Waals surface area contributed by atoms with E-state index >= 15 is 0 Å². The van der Waals surface area contributed by atoms with Crippen molar-refractivity contribution < 1.29 is 5.11 Å². The number of rotatable bonds is 1. The van der Waals surface area contributed by atoms with Crippen molar-refractivity contribution in [2.24, 2.45) is 11.8 Å². The summed E-state index contributed by atoms with van der Waals surface area (Å²) in [5.41, 5.74) is 0. The molecule has 1 aliphatic rings. The third-order valence-electron chi connectivity index (χ3n) is 2.39. The van der Waals surface area contributed by atoms with Crippen LogP contribution in [0.5, 0.6) is 0 Å². The van der Waals surface area contributed by atoms with Gasteiger partial charge in [-0.2, -0.15) is 0 Å². The molecule has 2 atom stereocenters. The Morgan fingerprint density at radius 2 is 2.00 bits per heavy atom. The standard InChI is InChI=1S/C8H16O/c1-6(2)7-4-3-5-8(7)9/h6-9H,3-5H2,1-2H3/t7?,8-/m0/s1. The van der Waals surface area contributed by atoms with Crippen molar-refractivity contribution in [3.05, 3.63) is 0 Å². The minimum absolute atomic E-state index is 0.00463. The van der Waals surface area contributed by atoms with E-state index in [4.69, 9.17) is 0 Å². The SMILES string of the molecule is CC(C)C1CCC[C@@H]1O. The lowest BCUT2D eigenvalue weighted by atomic mass is 9.93. The Bertz CT molecular complexity index is 88.6. The largest absolute Gasteiger partial charge is 0.393 e. The molecule has 1 N–H and O–H groups in total. The third-order valence-corrected chi connectivity index (χ3v) is 2.39. The van der Waals surface area contributed by atoms with Gasteiger partial charge in [0.05, 0.1) is 6.10 Å². The molecule has 1 saturated carbocycles. The summed E-state index contributed by atoms with van der Waals surface area (Å²) in [6, 6.07) is 0. The van der Waals surface area contributed by atoms with Gasteiger partial charge in [-0.05, 0) is 24.7 Å². The van der Waals surface area contributed by atoms with Crippen molar-refractivity contribution in [2.75, 3.05) is 0 Å². The van der Waals surface area contributed by atoms with Crippen molar-refractivity contribution in [3.63, 3.8) is 0 Å². The molecule has 0 bridgehead atoms. The molecule has 9 heavy (non-hydrogen) atoms. The zero-order valence-corrected chi connectivity index (χ0v) is 6.30. The maximum atomic E-state index is 9.36. The van der Waals surface area contributed by atoms with Gasteiger partial charge in [0.2, 0.25) is 0 Å². The Morgan fingerprint density at radius 3 is 2.22 bits per heavy atom. The Labute approximate surface area is 57.1 Å². The van der Waals surface area contributed by atoms with Crippen LogP contribution in [0.2, 0.25) is 0 Å². The van der Waals surface area contributed by atoms with Crippen LogP contribution in [0.1, 0.15) is 33.1 Å². The van der Waals surface area contributed by atoms with Crippen molar-refractivity contribution in [3.8, 4) is 0 Å². The minimum atomic E-state index is 0.00463. The highest BCUT2D eigenvalue weighted by Gasteiger charge is 2.27. The molecule has 1 unspecified atom stereocenters. The van der Waals surface area contributed by atoms with Crippen LogP contribution in [0, 0.1) is 11.8 Å². The zero-order valence-electron chi connectivity index (χ0n) is 6.30. The van der Waals surface area contributed by atoms with E-state index in [1.54, 1.807) is 0 Å². The average molecular weight is 128 g/mol. The van der Waals surface area contributed by atoms with E-state index < -0.39 is 0 Å². The summed E-state index contributed by atoms with van der Waals surface area (Å²) in [6.45, 7) is 4.39. The summed E-state index contributed by atoms with van der Waals surface area (Å²) in [5, 5.41) is 9.36. The molecule has 54 valence electrons. The molecule has 1 fully saturated rings. The van der Waals surface area contributed by atoms with E-state index in [-0.39, 0.29) is 6.10 Å². The molecule has 0 aliphatic heterocycles. The average Bonchev–Trinajstić information content (AvgIpc) is 2.13. The lowest BCUT2D eigenvalue weighted by molar-refractivity contribution is 0.108. The van der Waals surface area contributed by atoms with Crippen molar-refractivity contribution in [1.29, 1.82) is 0 Å². The van der Waals surface area contributed by atoms with Crippen LogP contribution < -0.4 is 0 Å². The number of hydrogen-bond donors (Lipinski definition) is 1. The molecule has 1 heteroatoms. The Hall–Kier alpha value is -0.0400. The van der Waals surface area contributed by atoms with Crippen molar-refractivity contribution >= 4 is 0 Å². The molecule has 1 aliphatic carbocycles. The van der Waals surface area contributed by atoms with Crippen molar-refractivity contribution in [2.45, 2.75) is 39.2 Å². The van der Waals surface area contributed by atoms with Crippen molar-refractivity contribution in [1.82, 2.24) is 0 Å². The third kappa shape index (κ3) is 1.45. The maximum absolute atomic E-state index is 9.36. The molecular weight excluding hydrogens is 112 g/mol. The fraction of sp³-hybridized carbons (Fsp3) is 1.00. The summed E-state index contributed by atoms with van der Waals surface area (Å²) in [5.74, 6) is 1.26. The highest BCUT2D eigenvalue weighted by Crippen LogP contribution is 2.30. The van der Waals surface area contributed by atoms with Crippen LogP contribution >= 0.6 is 0 Å². The van der Waals surface area contributed by atoms with Crippen LogP contribution in [0.4, 0.5) is 0 Å². The highest BCUT2D eigenvalue weighted by atomic mass is 16.3. The first-order valence-electron chi connectivity index (χ1n) is 3.90. The second-order valence-corrected chi connectivity index (χ2v) is 3.41. The summed E-state index contributed by atoms with van der Waals surface area (Å²) < 4.78 is 0. The number of aliphatic hydroxyl groups is 1. The van der Waals surface area contributed by atoms with Gasteiger partial charge in [0, 0.05) is 0 Å². The molecule has 0 aromatic carbocycles. The predicted molar refractivity (Wildman–Crippen MR) is 38.2 cm³/mol. The molecule has 0 heterocycles. The fourth-order valence-electron chi connectivity index (χ4n) is 1.75. The Morgan fingerprint density at radius 1 is 1.33 bits per heavy atom. The van der Waals surface area contributed by atoms with Gasteiger partial charge in [0.1, 0.15) is 0 Å². The van der Waals surface area contributed by atoms with Gasteiger partial charge in [-0.3, -0.25) is 0 Å². The van der Waals surface area contributed by atoms with Gasteiger partial charge in [0.15, 0.2) is 0 Å². The van der Waals surface area contributed by atoms with E-state index in [9.17, 15) is 5.11 Å². The lowest BCUT2D eigenvalue weighted by Crippen LogP contribution is -2.18.